The Morgan fingerprint density at radius 3 is 1.12 bits per heavy atom. The van der Waals surface area contributed by atoms with Gasteiger partial charge in [-0.25, -0.2) is 0 Å². The van der Waals surface area contributed by atoms with Crippen LogP contribution in [0.25, 0.3) is 120 Å². The summed E-state index contributed by atoms with van der Waals surface area (Å²) in [6.07, 6.45) is 0. The van der Waals surface area contributed by atoms with Gasteiger partial charge in [0.15, 0.2) is 11.2 Å². The highest BCUT2D eigenvalue weighted by atomic mass is 16.3. The van der Waals surface area contributed by atoms with Gasteiger partial charge in [-0.05, 0) is 108 Å². The monoisotopic (exact) mass is 1000 g/mol. The molecular formula is C72H50N4O2. The van der Waals surface area contributed by atoms with Crippen molar-refractivity contribution in [2.24, 2.45) is 0 Å². The first kappa shape index (κ1) is 43.5. The van der Waals surface area contributed by atoms with Crippen LogP contribution in [0.1, 0.15) is 50.7 Å². The van der Waals surface area contributed by atoms with Crippen molar-refractivity contribution in [2.75, 3.05) is 9.80 Å². The van der Waals surface area contributed by atoms with Gasteiger partial charge in [-0.2, -0.15) is 0 Å². The topological polar surface area (TPSA) is 41.6 Å². The van der Waals surface area contributed by atoms with Crippen LogP contribution in [0, 0.1) is 0 Å². The zero-order chi connectivity index (χ0) is 51.7. The minimum Gasteiger partial charge on any atom is -0.454 e. The van der Waals surface area contributed by atoms with Crippen LogP contribution in [0.5, 0.6) is 0 Å². The average molecular weight is 1000 g/mol. The predicted octanol–water partition coefficient (Wildman–Crippen LogP) is 21.0. The molecule has 0 spiro atoms. The fourth-order valence-electron chi connectivity index (χ4n) is 13.5. The van der Waals surface area contributed by atoms with E-state index in [4.69, 9.17) is 8.83 Å². The number of hydrogen-bond acceptors (Lipinski definition) is 4. The lowest BCUT2D eigenvalue weighted by molar-refractivity contribution is 0.669. The normalized spacial score (nSPS) is 12.6. The Bertz CT molecular complexity index is 4950. The van der Waals surface area contributed by atoms with Crippen LogP contribution in [0.3, 0.4) is 0 Å². The third-order valence-electron chi connectivity index (χ3n) is 17.1. The van der Waals surface area contributed by atoms with Gasteiger partial charge in [0, 0.05) is 76.0 Å². The van der Waals surface area contributed by atoms with E-state index in [9.17, 15) is 0 Å². The molecule has 0 aliphatic carbocycles. The fraction of sp³-hybridized carbons (Fsp3) is 0.0833. The summed E-state index contributed by atoms with van der Waals surface area (Å²) >= 11 is 0. The van der Waals surface area contributed by atoms with Crippen molar-refractivity contribution in [1.29, 1.82) is 0 Å². The van der Waals surface area contributed by atoms with Crippen molar-refractivity contribution < 1.29 is 8.83 Å². The quantitative estimate of drug-likeness (QED) is 0.152. The van der Waals surface area contributed by atoms with E-state index >= 15 is 0 Å². The van der Waals surface area contributed by atoms with Gasteiger partial charge >= 0.3 is 0 Å². The molecule has 0 saturated carbocycles. The molecule has 0 radical (unpaired) electrons. The zero-order valence-electron chi connectivity index (χ0n) is 43.5. The third-order valence-corrected chi connectivity index (χ3v) is 17.1. The van der Waals surface area contributed by atoms with Gasteiger partial charge in [0.25, 0.3) is 0 Å². The molecule has 6 heteroatoms. The Labute approximate surface area is 448 Å². The van der Waals surface area contributed by atoms with Crippen molar-refractivity contribution in [1.82, 2.24) is 8.80 Å². The summed E-state index contributed by atoms with van der Waals surface area (Å²) in [4.78, 5) is 4.86. The highest BCUT2D eigenvalue weighted by molar-refractivity contribution is 6.32. The van der Waals surface area contributed by atoms with Crippen LogP contribution in [0.4, 0.5) is 34.1 Å². The van der Waals surface area contributed by atoms with Gasteiger partial charge in [0.2, 0.25) is 0 Å². The van der Waals surface area contributed by atoms with Crippen molar-refractivity contribution in [3.8, 4) is 0 Å². The Kier molecular flexibility index (Phi) is 8.85. The second kappa shape index (κ2) is 15.9. The molecule has 6 nitrogen and oxygen atoms in total. The Balaban J connectivity index is 0.937. The minimum absolute atomic E-state index is 0.408. The Hall–Kier alpha value is -9.78. The summed E-state index contributed by atoms with van der Waals surface area (Å²) in [5.41, 5.74) is 19.6. The molecule has 6 aromatic heterocycles. The number of fused-ring (bicyclic) bond motifs is 18. The molecule has 6 heterocycles. The van der Waals surface area contributed by atoms with E-state index in [0.717, 1.165) is 78.0 Å². The Morgan fingerprint density at radius 2 is 0.692 bits per heavy atom. The number of benzene rings is 11. The third kappa shape index (κ3) is 5.81. The molecule has 370 valence electrons. The van der Waals surface area contributed by atoms with Crippen LogP contribution in [-0.2, 0) is 0 Å². The Morgan fingerprint density at radius 1 is 0.308 bits per heavy atom. The summed E-state index contributed by atoms with van der Waals surface area (Å²) in [5.74, 6) is 0.815. The lowest BCUT2D eigenvalue weighted by atomic mass is 10.0. The van der Waals surface area contributed by atoms with Gasteiger partial charge in [0.1, 0.15) is 11.2 Å². The number of anilines is 6. The molecule has 0 unspecified atom stereocenters. The van der Waals surface area contributed by atoms with E-state index in [1.165, 1.54) is 87.3 Å². The number of hydrogen-bond donors (Lipinski definition) is 0. The second-order valence-corrected chi connectivity index (χ2v) is 22.0. The molecule has 17 rings (SSSR count). The fourth-order valence-corrected chi connectivity index (χ4v) is 13.5. The van der Waals surface area contributed by atoms with Crippen molar-refractivity contribution in [3.05, 3.63) is 230 Å². The van der Waals surface area contributed by atoms with Gasteiger partial charge in [0.05, 0.1) is 55.8 Å². The molecule has 17 aromatic rings. The molecule has 78 heavy (non-hydrogen) atoms. The summed E-state index contributed by atoms with van der Waals surface area (Å²) in [7, 11) is 0. The van der Waals surface area contributed by atoms with Crippen LogP contribution in [-0.4, -0.2) is 8.80 Å². The summed E-state index contributed by atoms with van der Waals surface area (Å²) in [6, 6.07) is 80.4. The van der Waals surface area contributed by atoms with E-state index < -0.39 is 0 Å². The largest absolute Gasteiger partial charge is 0.454 e. The average Bonchev–Trinajstić information content (AvgIpc) is 4.30. The molecule has 0 saturated heterocycles. The SMILES string of the molecule is CC(C)c1ccc(N(c2cccc3c2oc2ccccc23)c2ccc3c4cc5c(cc4n4c6ccccc6c2c34)c2ccc(N(c3ccc(C(C)C)cc3)c3cccc4c3oc3ccccc34)c3c4ccccc4n5c23)cc1. The summed E-state index contributed by atoms with van der Waals surface area (Å²) < 4.78 is 18.7. The first-order chi connectivity index (χ1) is 38.4. The molecule has 11 aromatic carbocycles. The van der Waals surface area contributed by atoms with Crippen molar-refractivity contribution >= 4 is 154 Å². The highest BCUT2D eigenvalue weighted by Crippen LogP contribution is 2.53. The van der Waals surface area contributed by atoms with Crippen LogP contribution in [0.2, 0.25) is 0 Å². The first-order valence-corrected chi connectivity index (χ1v) is 27.3. The lowest BCUT2D eigenvalue weighted by Crippen LogP contribution is -2.11. The van der Waals surface area contributed by atoms with E-state index in [0.29, 0.717) is 11.8 Å². The molecule has 0 N–H and O–H groups in total. The zero-order valence-corrected chi connectivity index (χ0v) is 43.5. The van der Waals surface area contributed by atoms with Crippen LogP contribution in [0.15, 0.2) is 227 Å². The van der Waals surface area contributed by atoms with Crippen LogP contribution < -0.4 is 9.80 Å². The number of nitrogens with zero attached hydrogens (tertiary/aromatic N) is 4. The van der Waals surface area contributed by atoms with Gasteiger partial charge < -0.3 is 27.4 Å². The maximum absolute atomic E-state index is 6.83. The molecule has 0 aliphatic heterocycles. The van der Waals surface area contributed by atoms with E-state index in [2.05, 4.69) is 265 Å². The second-order valence-electron chi connectivity index (χ2n) is 22.0. The highest BCUT2D eigenvalue weighted by Gasteiger charge is 2.30. The van der Waals surface area contributed by atoms with E-state index in [1.807, 2.05) is 0 Å². The molecule has 0 atom stereocenters. The smallest absolute Gasteiger partial charge is 0.159 e. The van der Waals surface area contributed by atoms with E-state index in [-0.39, 0.29) is 0 Å². The summed E-state index contributed by atoms with van der Waals surface area (Å²) in [6.45, 7) is 9.02. The van der Waals surface area contributed by atoms with Gasteiger partial charge in [-0.15, -0.1) is 0 Å². The lowest BCUT2D eigenvalue weighted by Gasteiger charge is -2.27. The molecular weight excluding hydrogens is 953 g/mol. The van der Waals surface area contributed by atoms with Gasteiger partial charge in [-0.3, -0.25) is 0 Å². The van der Waals surface area contributed by atoms with E-state index in [1.54, 1.807) is 0 Å². The molecule has 0 amide bonds. The first-order valence-electron chi connectivity index (χ1n) is 27.3. The summed E-state index contributed by atoms with van der Waals surface area (Å²) in [5, 5.41) is 14.2. The van der Waals surface area contributed by atoms with Crippen molar-refractivity contribution in [2.45, 2.75) is 39.5 Å². The maximum atomic E-state index is 6.83. The number of furan rings is 2. The van der Waals surface area contributed by atoms with Gasteiger partial charge in [-0.1, -0.05) is 161 Å². The molecule has 0 bridgehead atoms. The minimum atomic E-state index is 0.408. The standard InChI is InChI=1S/C72H50N4O2/c1-41(2)43-27-31-45(32-28-43)73(61-23-13-19-51-47-15-7-11-25-65(47)77-71(51)61)59-37-35-49-55-39-64-56(40-63(55)75-57-21-9-5-17-53(57)67(59)69(49)75)50-36-38-60(68-54-18-6-10-22-58(54)76(64)70(50)68)74(46-33-29-44(30-34-46)42(3)4)62-24-14-20-52-48-16-8-12-26-66(48)78-72(52)62/h5-42H,1-4H3. The van der Waals surface area contributed by atoms with Crippen molar-refractivity contribution in [3.63, 3.8) is 0 Å². The predicted molar refractivity (Wildman–Crippen MR) is 328 cm³/mol. The molecule has 0 aliphatic rings. The number of rotatable bonds is 8. The van der Waals surface area contributed by atoms with Crippen LogP contribution >= 0.6 is 0 Å². The number of para-hydroxylation sites is 6. The number of aromatic nitrogens is 2. The molecule has 0 fully saturated rings. The maximum Gasteiger partial charge on any atom is 0.159 e.